The van der Waals surface area contributed by atoms with Crippen molar-refractivity contribution in [2.75, 3.05) is 18.1 Å². The van der Waals surface area contributed by atoms with Crippen molar-refractivity contribution in [3.8, 4) is 0 Å². The highest BCUT2D eigenvalue weighted by atomic mass is 19.1. The van der Waals surface area contributed by atoms with Crippen LogP contribution in [0.3, 0.4) is 0 Å². The van der Waals surface area contributed by atoms with E-state index >= 15 is 0 Å². The van der Waals surface area contributed by atoms with Gasteiger partial charge in [-0.25, -0.2) is 9.18 Å². The Morgan fingerprint density at radius 3 is 2.80 bits per heavy atom. The zero-order valence-electron chi connectivity index (χ0n) is 14.6. The molecule has 0 saturated carbocycles. The molecule has 1 aliphatic rings. The molecule has 25 heavy (non-hydrogen) atoms. The number of carbonyl (C=O) groups is 2. The van der Waals surface area contributed by atoms with Crippen molar-refractivity contribution >= 4 is 17.6 Å². The topological polar surface area (TPSA) is 62.4 Å². The SMILES string of the molecule is CCOC(=O)c1c(C)[nH]c(C(=O)N2CCCc3cccc(F)c32)c1C. The largest absolute Gasteiger partial charge is 0.462 e. The number of ether oxygens (including phenoxy) is 1. The molecule has 0 fully saturated rings. The lowest BCUT2D eigenvalue weighted by molar-refractivity contribution is 0.0525. The number of anilines is 1. The van der Waals surface area contributed by atoms with Gasteiger partial charge < -0.3 is 14.6 Å². The van der Waals surface area contributed by atoms with Crippen molar-refractivity contribution < 1.29 is 18.7 Å². The van der Waals surface area contributed by atoms with Gasteiger partial charge in [0.25, 0.3) is 5.91 Å². The molecule has 0 aliphatic carbocycles. The Morgan fingerprint density at radius 1 is 1.32 bits per heavy atom. The maximum Gasteiger partial charge on any atom is 0.340 e. The summed E-state index contributed by atoms with van der Waals surface area (Å²) in [5, 5.41) is 0. The lowest BCUT2D eigenvalue weighted by atomic mass is 10.0. The molecule has 3 rings (SSSR count). The average molecular weight is 344 g/mol. The number of hydrogen-bond acceptors (Lipinski definition) is 3. The molecule has 0 bridgehead atoms. The van der Waals surface area contributed by atoms with Crippen molar-refractivity contribution in [1.82, 2.24) is 4.98 Å². The number of benzene rings is 1. The van der Waals surface area contributed by atoms with Gasteiger partial charge in [0.1, 0.15) is 11.5 Å². The highest BCUT2D eigenvalue weighted by Gasteiger charge is 2.30. The number of aryl methyl sites for hydroxylation is 2. The van der Waals surface area contributed by atoms with Crippen LogP contribution in [0.1, 0.15) is 51.0 Å². The Bertz CT molecular complexity index is 841. The molecule has 1 aromatic carbocycles. The summed E-state index contributed by atoms with van der Waals surface area (Å²) in [5.74, 6) is -1.20. The van der Waals surface area contributed by atoms with E-state index in [2.05, 4.69) is 4.98 Å². The number of aromatic amines is 1. The summed E-state index contributed by atoms with van der Waals surface area (Å²) >= 11 is 0. The van der Waals surface area contributed by atoms with Gasteiger partial charge in [0, 0.05) is 12.2 Å². The number of esters is 1. The van der Waals surface area contributed by atoms with E-state index in [1.165, 1.54) is 11.0 Å². The first kappa shape index (κ1) is 17.2. The van der Waals surface area contributed by atoms with Crippen LogP contribution in [0.5, 0.6) is 0 Å². The second kappa shape index (κ2) is 6.70. The molecule has 1 aliphatic heterocycles. The Kier molecular flexibility index (Phi) is 4.61. The molecule has 2 aromatic rings. The minimum atomic E-state index is -0.460. The minimum Gasteiger partial charge on any atom is -0.462 e. The zero-order valence-corrected chi connectivity index (χ0v) is 14.6. The summed E-state index contributed by atoms with van der Waals surface area (Å²) < 4.78 is 19.4. The van der Waals surface area contributed by atoms with Crippen LogP contribution in [0.4, 0.5) is 10.1 Å². The van der Waals surface area contributed by atoms with E-state index < -0.39 is 11.8 Å². The molecule has 5 nitrogen and oxygen atoms in total. The van der Waals surface area contributed by atoms with E-state index in [0.29, 0.717) is 34.7 Å². The van der Waals surface area contributed by atoms with E-state index in [9.17, 15) is 14.0 Å². The monoisotopic (exact) mass is 344 g/mol. The number of fused-ring (bicyclic) bond motifs is 1. The van der Waals surface area contributed by atoms with Gasteiger partial charge in [-0.3, -0.25) is 4.79 Å². The van der Waals surface area contributed by atoms with Gasteiger partial charge in [-0.2, -0.15) is 0 Å². The van der Waals surface area contributed by atoms with Crippen LogP contribution in [0, 0.1) is 19.7 Å². The first-order chi connectivity index (χ1) is 12.0. The van der Waals surface area contributed by atoms with E-state index in [-0.39, 0.29) is 12.5 Å². The van der Waals surface area contributed by atoms with Crippen molar-refractivity contribution in [3.05, 3.63) is 52.1 Å². The predicted octanol–water partition coefficient (Wildman–Crippen LogP) is 3.54. The van der Waals surface area contributed by atoms with Crippen molar-refractivity contribution in [1.29, 1.82) is 0 Å². The average Bonchev–Trinajstić information content (AvgIpc) is 2.89. The Labute approximate surface area is 145 Å². The minimum absolute atomic E-state index is 0.261. The van der Waals surface area contributed by atoms with Crippen LogP contribution >= 0.6 is 0 Å². The molecule has 0 atom stereocenters. The van der Waals surface area contributed by atoms with Gasteiger partial charge in [-0.05, 0) is 50.8 Å². The molecule has 0 radical (unpaired) electrons. The number of nitrogens with one attached hydrogen (secondary N) is 1. The van der Waals surface area contributed by atoms with E-state index in [1.54, 1.807) is 26.8 Å². The maximum absolute atomic E-state index is 14.3. The third kappa shape index (κ3) is 2.92. The molecule has 132 valence electrons. The lowest BCUT2D eigenvalue weighted by Gasteiger charge is -2.29. The van der Waals surface area contributed by atoms with E-state index in [4.69, 9.17) is 4.74 Å². The molecule has 1 amide bonds. The van der Waals surface area contributed by atoms with Crippen molar-refractivity contribution in [3.63, 3.8) is 0 Å². The molecule has 0 spiro atoms. The van der Waals surface area contributed by atoms with Crippen LogP contribution < -0.4 is 4.90 Å². The maximum atomic E-state index is 14.3. The summed E-state index contributed by atoms with van der Waals surface area (Å²) in [5.41, 5.74) is 2.94. The second-order valence-electron chi connectivity index (χ2n) is 6.15. The molecular weight excluding hydrogens is 323 g/mol. The van der Waals surface area contributed by atoms with Gasteiger partial charge in [-0.15, -0.1) is 0 Å². The molecular formula is C19H21FN2O3. The van der Waals surface area contributed by atoms with Gasteiger partial charge in [0.2, 0.25) is 0 Å². The number of carbonyl (C=O) groups excluding carboxylic acids is 2. The van der Waals surface area contributed by atoms with Gasteiger partial charge in [-0.1, -0.05) is 12.1 Å². The first-order valence-electron chi connectivity index (χ1n) is 8.41. The van der Waals surface area contributed by atoms with Crippen molar-refractivity contribution in [2.45, 2.75) is 33.6 Å². The van der Waals surface area contributed by atoms with E-state index in [1.807, 2.05) is 6.07 Å². The molecule has 1 N–H and O–H groups in total. The number of aromatic nitrogens is 1. The number of halogens is 1. The summed E-state index contributed by atoms with van der Waals surface area (Å²) in [6.45, 7) is 5.86. The molecule has 0 unspecified atom stereocenters. The highest BCUT2D eigenvalue weighted by molar-refractivity contribution is 6.08. The lowest BCUT2D eigenvalue weighted by Crippen LogP contribution is -2.36. The van der Waals surface area contributed by atoms with Crippen LogP contribution in [-0.2, 0) is 11.2 Å². The van der Waals surface area contributed by atoms with Crippen LogP contribution in [0.2, 0.25) is 0 Å². The third-order valence-corrected chi connectivity index (χ3v) is 4.54. The van der Waals surface area contributed by atoms with Crippen molar-refractivity contribution in [2.24, 2.45) is 0 Å². The fraction of sp³-hybridized carbons (Fsp3) is 0.368. The molecule has 2 heterocycles. The summed E-state index contributed by atoms with van der Waals surface area (Å²) in [6, 6.07) is 4.86. The van der Waals surface area contributed by atoms with Gasteiger partial charge in [0.15, 0.2) is 0 Å². The number of amides is 1. The third-order valence-electron chi connectivity index (χ3n) is 4.54. The number of H-pyrrole nitrogens is 1. The van der Waals surface area contributed by atoms with E-state index in [0.717, 1.165) is 18.4 Å². The highest BCUT2D eigenvalue weighted by Crippen LogP contribution is 2.32. The Hall–Kier alpha value is -2.63. The second-order valence-corrected chi connectivity index (χ2v) is 6.15. The standard InChI is InChI=1S/C19H21FN2O3/c1-4-25-19(24)15-11(2)16(21-12(15)3)18(23)22-10-6-8-13-7-5-9-14(20)17(13)22/h5,7,9,21H,4,6,8,10H2,1-3H3. The first-order valence-corrected chi connectivity index (χ1v) is 8.41. The van der Waals surface area contributed by atoms with Gasteiger partial charge in [0.05, 0.1) is 17.9 Å². The summed E-state index contributed by atoms with van der Waals surface area (Å²) in [7, 11) is 0. The molecule has 0 saturated heterocycles. The Balaban J connectivity index is 2.01. The van der Waals surface area contributed by atoms with Gasteiger partial charge >= 0.3 is 5.97 Å². The number of hydrogen-bond donors (Lipinski definition) is 1. The normalized spacial score (nSPS) is 13.5. The number of para-hydroxylation sites is 1. The summed E-state index contributed by atoms with van der Waals surface area (Å²) in [6.07, 6.45) is 1.51. The molecule has 6 heteroatoms. The predicted molar refractivity (Wildman–Crippen MR) is 92.6 cm³/mol. The zero-order chi connectivity index (χ0) is 18.1. The van der Waals surface area contributed by atoms with Crippen LogP contribution in [-0.4, -0.2) is 30.0 Å². The number of nitrogens with zero attached hydrogens (tertiary/aromatic N) is 1. The quantitative estimate of drug-likeness (QED) is 0.866. The molecule has 1 aromatic heterocycles. The Morgan fingerprint density at radius 2 is 2.08 bits per heavy atom. The fourth-order valence-corrected chi connectivity index (χ4v) is 3.41. The summed E-state index contributed by atoms with van der Waals surface area (Å²) in [4.78, 5) is 29.6. The van der Waals surface area contributed by atoms with Crippen LogP contribution in [0.15, 0.2) is 18.2 Å². The number of rotatable bonds is 3. The fourth-order valence-electron chi connectivity index (χ4n) is 3.41. The van der Waals surface area contributed by atoms with Crippen LogP contribution in [0.25, 0.3) is 0 Å². The smallest absolute Gasteiger partial charge is 0.340 e.